The predicted molar refractivity (Wildman–Crippen MR) is 77.8 cm³/mol. The summed E-state index contributed by atoms with van der Waals surface area (Å²) in [6.45, 7) is 5.10. The molecular weight excluding hydrogens is 314 g/mol. The van der Waals surface area contributed by atoms with Crippen LogP contribution in [0, 0.1) is 0 Å². The molecular formula is C12H18BrN3OS. The summed E-state index contributed by atoms with van der Waals surface area (Å²) in [5, 5.41) is 5.37. The lowest BCUT2D eigenvalue weighted by atomic mass is 10.3. The SMILES string of the molecule is CN(Cc1csc(Br)c1)C(=O)CN1CCNCC1. The van der Waals surface area contributed by atoms with Crippen molar-refractivity contribution in [1.82, 2.24) is 15.1 Å². The maximum absolute atomic E-state index is 12.1. The molecule has 0 atom stereocenters. The van der Waals surface area contributed by atoms with Crippen LogP contribution < -0.4 is 5.32 Å². The molecule has 0 unspecified atom stereocenters. The Bertz CT molecular complexity index is 404. The summed E-state index contributed by atoms with van der Waals surface area (Å²) >= 11 is 5.09. The highest BCUT2D eigenvalue weighted by atomic mass is 79.9. The zero-order valence-corrected chi connectivity index (χ0v) is 12.9. The second kappa shape index (κ2) is 6.65. The van der Waals surface area contributed by atoms with Crippen LogP contribution in [0.5, 0.6) is 0 Å². The van der Waals surface area contributed by atoms with Crippen molar-refractivity contribution in [1.29, 1.82) is 0 Å². The monoisotopic (exact) mass is 331 g/mol. The van der Waals surface area contributed by atoms with Crippen LogP contribution in [0.25, 0.3) is 0 Å². The predicted octanol–water partition coefficient (Wildman–Crippen LogP) is 1.37. The summed E-state index contributed by atoms with van der Waals surface area (Å²) in [6.07, 6.45) is 0. The number of halogens is 1. The Kier molecular flexibility index (Phi) is 5.17. The summed E-state index contributed by atoms with van der Waals surface area (Å²) in [5.41, 5.74) is 1.18. The number of carbonyl (C=O) groups is 1. The highest BCUT2D eigenvalue weighted by Crippen LogP contribution is 2.21. The van der Waals surface area contributed by atoms with Gasteiger partial charge in [0.1, 0.15) is 0 Å². The van der Waals surface area contributed by atoms with Gasteiger partial charge in [-0.3, -0.25) is 9.69 Å². The van der Waals surface area contributed by atoms with Gasteiger partial charge in [-0.25, -0.2) is 0 Å². The van der Waals surface area contributed by atoms with Gasteiger partial charge in [-0.05, 0) is 32.9 Å². The van der Waals surface area contributed by atoms with Crippen LogP contribution in [0.15, 0.2) is 15.2 Å². The summed E-state index contributed by atoms with van der Waals surface area (Å²) in [5.74, 6) is 0.194. The Hall–Kier alpha value is -0.430. The van der Waals surface area contributed by atoms with Gasteiger partial charge < -0.3 is 10.2 Å². The molecule has 0 radical (unpaired) electrons. The number of carbonyl (C=O) groups excluding carboxylic acids is 1. The van der Waals surface area contributed by atoms with E-state index in [9.17, 15) is 4.79 Å². The van der Waals surface area contributed by atoms with Gasteiger partial charge in [-0.2, -0.15) is 0 Å². The van der Waals surface area contributed by atoms with E-state index in [-0.39, 0.29) is 5.91 Å². The first-order chi connectivity index (χ1) is 8.65. The number of amides is 1. The van der Waals surface area contributed by atoms with Crippen molar-refractivity contribution in [3.05, 3.63) is 20.8 Å². The molecule has 1 aliphatic heterocycles. The largest absolute Gasteiger partial charge is 0.340 e. The standard InChI is InChI=1S/C12H18BrN3OS/c1-15(7-10-6-11(13)18-9-10)12(17)8-16-4-2-14-3-5-16/h6,9,14H,2-5,7-8H2,1H3. The molecule has 1 aliphatic rings. The van der Waals surface area contributed by atoms with Gasteiger partial charge in [-0.1, -0.05) is 0 Å². The van der Waals surface area contributed by atoms with Crippen molar-refractivity contribution in [2.45, 2.75) is 6.54 Å². The van der Waals surface area contributed by atoms with E-state index in [1.165, 1.54) is 5.56 Å². The van der Waals surface area contributed by atoms with Crippen molar-refractivity contribution in [3.8, 4) is 0 Å². The Morgan fingerprint density at radius 2 is 2.28 bits per heavy atom. The molecule has 0 bridgehead atoms. The second-order valence-electron chi connectivity index (χ2n) is 4.54. The molecule has 1 aromatic rings. The highest BCUT2D eigenvalue weighted by molar-refractivity contribution is 9.11. The van der Waals surface area contributed by atoms with E-state index in [2.05, 4.69) is 37.6 Å². The number of rotatable bonds is 4. The molecule has 0 spiro atoms. The third kappa shape index (κ3) is 4.05. The molecule has 1 amide bonds. The number of likely N-dealkylation sites (N-methyl/N-ethyl adjacent to an activating group) is 1. The molecule has 6 heteroatoms. The number of thiophene rings is 1. The maximum Gasteiger partial charge on any atom is 0.236 e. The van der Waals surface area contributed by atoms with Crippen LogP contribution in [0.1, 0.15) is 5.56 Å². The lowest BCUT2D eigenvalue weighted by molar-refractivity contribution is -0.131. The highest BCUT2D eigenvalue weighted by Gasteiger charge is 2.16. The van der Waals surface area contributed by atoms with Gasteiger partial charge in [0.2, 0.25) is 5.91 Å². The number of hydrogen-bond donors (Lipinski definition) is 1. The van der Waals surface area contributed by atoms with Crippen LogP contribution in [-0.2, 0) is 11.3 Å². The molecule has 4 nitrogen and oxygen atoms in total. The molecule has 2 rings (SSSR count). The maximum atomic E-state index is 12.1. The van der Waals surface area contributed by atoms with Crippen molar-refractivity contribution in [2.75, 3.05) is 39.8 Å². The van der Waals surface area contributed by atoms with Crippen LogP contribution in [0.2, 0.25) is 0 Å². The topological polar surface area (TPSA) is 35.6 Å². The van der Waals surface area contributed by atoms with Gasteiger partial charge >= 0.3 is 0 Å². The number of nitrogens with one attached hydrogen (secondary N) is 1. The zero-order chi connectivity index (χ0) is 13.0. The van der Waals surface area contributed by atoms with Crippen LogP contribution in [-0.4, -0.2) is 55.5 Å². The molecule has 0 aliphatic carbocycles. The molecule has 2 heterocycles. The Morgan fingerprint density at radius 3 is 2.89 bits per heavy atom. The molecule has 1 N–H and O–H groups in total. The summed E-state index contributed by atoms with van der Waals surface area (Å²) in [7, 11) is 1.87. The Labute approximate surface area is 120 Å². The molecule has 1 fully saturated rings. The lowest BCUT2D eigenvalue weighted by Crippen LogP contribution is -2.47. The summed E-state index contributed by atoms with van der Waals surface area (Å²) < 4.78 is 1.11. The fourth-order valence-electron chi connectivity index (χ4n) is 1.97. The van der Waals surface area contributed by atoms with E-state index < -0.39 is 0 Å². The minimum absolute atomic E-state index is 0.194. The zero-order valence-electron chi connectivity index (χ0n) is 10.5. The first kappa shape index (κ1) is 14.0. The molecule has 0 saturated carbocycles. The fourth-order valence-corrected chi connectivity index (χ4v) is 3.17. The first-order valence-corrected chi connectivity index (χ1v) is 7.72. The smallest absolute Gasteiger partial charge is 0.236 e. The van der Waals surface area contributed by atoms with E-state index >= 15 is 0 Å². The van der Waals surface area contributed by atoms with Gasteiger partial charge in [0, 0.05) is 39.8 Å². The lowest BCUT2D eigenvalue weighted by Gasteiger charge is -2.28. The van der Waals surface area contributed by atoms with E-state index in [0.29, 0.717) is 13.1 Å². The van der Waals surface area contributed by atoms with Crippen LogP contribution in [0.3, 0.4) is 0 Å². The average molecular weight is 332 g/mol. The van der Waals surface area contributed by atoms with Crippen molar-refractivity contribution in [2.24, 2.45) is 0 Å². The van der Waals surface area contributed by atoms with Crippen molar-refractivity contribution >= 4 is 33.2 Å². The van der Waals surface area contributed by atoms with Gasteiger partial charge in [0.15, 0.2) is 0 Å². The Morgan fingerprint density at radius 1 is 1.56 bits per heavy atom. The van der Waals surface area contributed by atoms with E-state index in [4.69, 9.17) is 0 Å². The van der Waals surface area contributed by atoms with Gasteiger partial charge in [0.05, 0.1) is 10.3 Å². The molecule has 18 heavy (non-hydrogen) atoms. The third-order valence-corrected chi connectivity index (χ3v) is 4.59. The average Bonchev–Trinajstić information content (AvgIpc) is 2.76. The van der Waals surface area contributed by atoms with Gasteiger partial charge in [0.25, 0.3) is 0 Å². The van der Waals surface area contributed by atoms with Gasteiger partial charge in [-0.15, -0.1) is 11.3 Å². The van der Waals surface area contributed by atoms with Crippen molar-refractivity contribution in [3.63, 3.8) is 0 Å². The quantitative estimate of drug-likeness (QED) is 0.905. The first-order valence-electron chi connectivity index (χ1n) is 6.05. The number of nitrogens with zero attached hydrogens (tertiary/aromatic N) is 2. The second-order valence-corrected chi connectivity index (χ2v) is 6.83. The summed E-state index contributed by atoms with van der Waals surface area (Å²) in [4.78, 5) is 16.1. The minimum Gasteiger partial charge on any atom is -0.340 e. The van der Waals surface area contributed by atoms with Crippen LogP contribution >= 0.6 is 27.3 Å². The number of hydrogen-bond acceptors (Lipinski definition) is 4. The molecule has 1 aromatic heterocycles. The minimum atomic E-state index is 0.194. The van der Waals surface area contributed by atoms with Crippen molar-refractivity contribution < 1.29 is 4.79 Å². The third-order valence-electron chi connectivity index (χ3n) is 3.04. The molecule has 1 saturated heterocycles. The number of piperazine rings is 1. The fraction of sp³-hybridized carbons (Fsp3) is 0.583. The van der Waals surface area contributed by atoms with E-state index in [0.717, 1.165) is 30.0 Å². The Balaban J connectivity index is 1.80. The van der Waals surface area contributed by atoms with E-state index in [1.54, 1.807) is 16.2 Å². The molecule has 0 aromatic carbocycles. The van der Waals surface area contributed by atoms with Crippen LogP contribution in [0.4, 0.5) is 0 Å². The summed E-state index contributed by atoms with van der Waals surface area (Å²) in [6, 6.07) is 2.07. The van der Waals surface area contributed by atoms with E-state index in [1.807, 2.05) is 7.05 Å². The normalized spacial score (nSPS) is 16.8. The molecule has 100 valence electrons.